The number of hydrogen-bond donors (Lipinski definition) is 1. The van der Waals surface area contributed by atoms with Crippen LogP contribution >= 0.6 is 24.0 Å². The zero-order valence-electron chi connectivity index (χ0n) is 3.96. The first-order valence-electron chi connectivity index (χ1n) is 2.02. The molecule has 0 fully saturated rings. The summed E-state index contributed by atoms with van der Waals surface area (Å²) in [5.74, 6) is 0. The average Bonchev–Trinajstić information content (AvgIpc) is 2.14. The van der Waals surface area contributed by atoms with Crippen LogP contribution in [0.25, 0.3) is 0 Å². The summed E-state index contributed by atoms with van der Waals surface area (Å²) in [6.45, 7) is 0. The molecule has 0 spiro atoms. The van der Waals surface area contributed by atoms with E-state index >= 15 is 0 Å². The van der Waals surface area contributed by atoms with E-state index in [-0.39, 0.29) is 0 Å². The average molecular weight is 141 g/mol. The lowest BCUT2D eigenvalue weighted by Crippen LogP contribution is -1.50. The molecule has 0 saturated heterocycles. The second kappa shape index (κ2) is 2.21. The Bertz CT molecular complexity index is 221. The molecule has 0 aromatic carbocycles. The van der Waals surface area contributed by atoms with E-state index in [9.17, 15) is 0 Å². The third kappa shape index (κ3) is 1.03. The number of nitrogens with zero attached hydrogens (tertiary/aromatic N) is 1. The van der Waals surface area contributed by atoms with Gasteiger partial charge >= 0.3 is 0 Å². The van der Waals surface area contributed by atoms with Crippen LogP contribution in [0, 0.1) is 11.3 Å². The Labute approximate surface area is 57.0 Å². The van der Waals surface area contributed by atoms with Crippen LogP contribution in [0.2, 0.25) is 0 Å². The van der Waals surface area contributed by atoms with Crippen molar-refractivity contribution in [3.05, 3.63) is 17.0 Å². The van der Waals surface area contributed by atoms with Crippen molar-refractivity contribution < 1.29 is 0 Å². The highest BCUT2D eigenvalue weighted by molar-refractivity contribution is 7.82. The summed E-state index contributed by atoms with van der Waals surface area (Å²) in [4.78, 5) is 0.718. The molecule has 8 heavy (non-hydrogen) atoms. The SMILES string of the molecule is N#Cc1ccc(S)s1. The number of thiophene rings is 1. The first-order valence-corrected chi connectivity index (χ1v) is 3.28. The minimum Gasteiger partial charge on any atom is -0.192 e. The molecule has 3 heteroatoms. The normalized spacial score (nSPS) is 8.50. The van der Waals surface area contributed by atoms with E-state index in [1.54, 1.807) is 6.07 Å². The minimum absolute atomic E-state index is 0.718. The van der Waals surface area contributed by atoms with Crippen LogP contribution in [0.5, 0.6) is 0 Å². The van der Waals surface area contributed by atoms with Crippen LogP contribution in [0.3, 0.4) is 0 Å². The lowest BCUT2D eigenvalue weighted by atomic mass is 10.5. The fraction of sp³-hybridized carbons (Fsp3) is 0. The Hall–Kier alpha value is -0.460. The standard InChI is InChI=1S/C5H3NS2/c6-3-4-1-2-5(7)8-4/h1-2,7H. The molecule has 0 saturated carbocycles. The lowest BCUT2D eigenvalue weighted by Gasteiger charge is -1.68. The van der Waals surface area contributed by atoms with Crippen molar-refractivity contribution in [3.63, 3.8) is 0 Å². The molecule has 0 unspecified atom stereocenters. The highest BCUT2D eigenvalue weighted by atomic mass is 32.2. The van der Waals surface area contributed by atoms with E-state index in [1.165, 1.54) is 11.3 Å². The van der Waals surface area contributed by atoms with Crippen molar-refractivity contribution >= 4 is 24.0 Å². The summed E-state index contributed by atoms with van der Waals surface area (Å²) in [7, 11) is 0. The molecule has 0 atom stereocenters. The van der Waals surface area contributed by atoms with E-state index < -0.39 is 0 Å². The van der Waals surface area contributed by atoms with E-state index in [2.05, 4.69) is 12.6 Å². The van der Waals surface area contributed by atoms with Gasteiger partial charge in [0.15, 0.2) is 0 Å². The fourth-order valence-electron chi connectivity index (χ4n) is 0.388. The van der Waals surface area contributed by atoms with Crippen LogP contribution in [0.1, 0.15) is 4.88 Å². The molecule has 0 amide bonds. The van der Waals surface area contributed by atoms with E-state index in [4.69, 9.17) is 5.26 Å². The van der Waals surface area contributed by atoms with Gasteiger partial charge in [-0.25, -0.2) is 0 Å². The molecular weight excluding hydrogens is 138 g/mol. The molecule has 0 aliphatic carbocycles. The van der Waals surface area contributed by atoms with Gasteiger partial charge in [0.05, 0.1) is 4.21 Å². The third-order valence-corrected chi connectivity index (χ3v) is 1.92. The smallest absolute Gasteiger partial charge is 0.110 e. The molecule has 0 bridgehead atoms. The zero-order chi connectivity index (χ0) is 5.98. The maximum atomic E-state index is 8.28. The monoisotopic (exact) mass is 141 g/mol. The second-order valence-electron chi connectivity index (χ2n) is 1.25. The summed E-state index contributed by atoms with van der Waals surface area (Å²) < 4.78 is 0.890. The summed E-state index contributed by atoms with van der Waals surface area (Å²) in [6, 6.07) is 5.59. The fourth-order valence-corrected chi connectivity index (χ4v) is 1.30. The van der Waals surface area contributed by atoms with Gasteiger partial charge in [-0.2, -0.15) is 5.26 Å². The molecule has 1 heterocycles. The van der Waals surface area contributed by atoms with Crippen molar-refractivity contribution in [2.75, 3.05) is 0 Å². The third-order valence-electron chi connectivity index (χ3n) is 0.702. The number of thiol groups is 1. The Morgan fingerprint density at radius 3 is 2.62 bits per heavy atom. The summed E-state index contributed by atoms with van der Waals surface area (Å²) in [5.41, 5.74) is 0. The lowest BCUT2D eigenvalue weighted by molar-refractivity contribution is 1.52. The highest BCUT2D eigenvalue weighted by Gasteiger charge is 1.90. The predicted octanol–water partition coefficient (Wildman–Crippen LogP) is 1.91. The first-order chi connectivity index (χ1) is 3.83. The van der Waals surface area contributed by atoms with Crippen molar-refractivity contribution in [1.82, 2.24) is 0 Å². The van der Waals surface area contributed by atoms with Crippen LogP contribution in [0.15, 0.2) is 16.3 Å². The first kappa shape index (κ1) is 5.67. The van der Waals surface area contributed by atoms with Gasteiger partial charge in [0.2, 0.25) is 0 Å². The van der Waals surface area contributed by atoms with Gasteiger partial charge < -0.3 is 0 Å². The predicted molar refractivity (Wildman–Crippen MR) is 36.3 cm³/mol. The second-order valence-corrected chi connectivity index (χ2v) is 3.12. The Balaban J connectivity index is 3.05. The van der Waals surface area contributed by atoms with Crippen molar-refractivity contribution in [3.8, 4) is 6.07 Å². The maximum absolute atomic E-state index is 8.28. The highest BCUT2D eigenvalue weighted by Crippen LogP contribution is 2.17. The Kier molecular flexibility index (Phi) is 1.56. The van der Waals surface area contributed by atoms with Crippen molar-refractivity contribution in [2.45, 2.75) is 4.21 Å². The molecule has 1 aromatic rings. The molecule has 0 N–H and O–H groups in total. The van der Waals surface area contributed by atoms with Crippen LogP contribution in [-0.2, 0) is 0 Å². The summed E-state index contributed by atoms with van der Waals surface area (Å²) in [6.07, 6.45) is 0. The number of nitriles is 1. The van der Waals surface area contributed by atoms with Crippen LogP contribution < -0.4 is 0 Å². The summed E-state index contributed by atoms with van der Waals surface area (Å²) in [5, 5.41) is 8.28. The van der Waals surface area contributed by atoms with Gasteiger partial charge in [0.1, 0.15) is 10.9 Å². The largest absolute Gasteiger partial charge is 0.192 e. The molecular formula is C5H3NS2. The van der Waals surface area contributed by atoms with Gasteiger partial charge in [-0.3, -0.25) is 0 Å². The van der Waals surface area contributed by atoms with Gasteiger partial charge in [-0.05, 0) is 12.1 Å². The molecule has 0 aliphatic rings. The molecule has 1 nitrogen and oxygen atoms in total. The molecule has 0 radical (unpaired) electrons. The van der Waals surface area contributed by atoms with Crippen molar-refractivity contribution in [1.29, 1.82) is 5.26 Å². The minimum atomic E-state index is 0.718. The van der Waals surface area contributed by atoms with Gasteiger partial charge in [-0.1, -0.05) is 0 Å². The number of rotatable bonds is 0. The maximum Gasteiger partial charge on any atom is 0.110 e. The molecule has 40 valence electrons. The van der Waals surface area contributed by atoms with Crippen molar-refractivity contribution in [2.24, 2.45) is 0 Å². The molecule has 0 aliphatic heterocycles. The molecule has 1 aromatic heterocycles. The van der Waals surface area contributed by atoms with Gasteiger partial charge in [0.25, 0.3) is 0 Å². The van der Waals surface area contributed by atoms with E-state index in [0.29, 0.717) is 0 Å². The zero-order valence-corrected chi connectivity index (χ0v) is 5.67. The Morgan fingerprint density at radius 1 is 1.62 bits per heavy atom. The topological polar surface area (TPSA) is 23.8 Å². The van der Waals surface area contributed by atoms with Crippen LogP contribution in [0.4, 0.5) is 0 Å². The van der Waals surface area contributed by atoms with Crippen LogP contribution in [-0.4, -0.2) is 0 Å². The number of hydrogen-bond acceptors (Lipinski definition) is 3. The Morgan fingerprint density at radius 2 is 2.38 bits per heavy atom. The summed E-state index contributed by atoms with van der Waals surface area (Å²) >= 11 is 5.42. The van der Waals surface area contributed by atoms with E-state index in [1.807, 2.05) is 12.1 Å². The molecule has 1 rings (SSSR count). The van der Waals surface area contributed by atoms with Gasteiger partial charge in [0, 0.05) is 0 Å². The quantitative estimate of drug-likeness (QED) is 0.548. The van der Waals surface area contributed by atoms with Gasteiger partial charge in [-0.15, -0.1) is 24.0 Å². The van der Waals surface area contributed by atoms with E-state index in [0.717, 1.165) is 9.09 Å².